The number of anilines is 1. The van der Waals surface area contributed by atoms with Crippen LogP contribution < -0.4 is 16.0 Å². The van der Waals surface area contributed by atoms with Gasteiger partial charge in [-0.3, -0.25) is 4.57 Å². The third kappa shape index (κ3) is 6.06. The second kappa shape index (κ2) is 16.1. The van der Waals surface area contributed by atoms with Crippen molar-refractivity contribution in [2.24, 2.45) is 15.7 Å². The van der Waals surface area contributed by atoms with E-state index in [0.717, 1.165) is 74.4 Å². The summed E-state index contributed by atoms with van der Waals surface area (Å²) in [5.41, 5.74) is 20.8. The van der Waals surface area contributed by atoms with E-state index in [9.17, 15) is 0 Å². The number of para-hydroxylation sites is 5. The van der Waals surface area contributed by atoms with Gasteiger partial charge in [0.15, 0.2) is 5.82 Å². The first-order valence-corrected chi connectivity index (χ1v) is 24.6. The van der Waals surface area contributed by atoms with Gasteiger partial charge in [0.25, 0.3) is 0 Å². The van der Waals surface area contributed by atoms with E-state index < -0.39 is 0 Å². The number of amidine groups is 1. The molecule has 8 nitrogen and oxygen atoms in total. The average molecular weight is 907 g/mol. The first-order valence-electron chi connectivity index (χ1n) is 24.6. The number of hydrogen-bond donors (Lipinski definition) is 2. The number of hydrogen-bond acceptors (Lipinski definition) is 4. The van der Waals surface area contributed by atoms with Gasteiger partial charge in [-0.2, -0.15) is 0 Å². The minimum atomic E-state index is -0.168. The number of aromatic nitrogens is 3. The summed E-state index contributed by atoms with van der Waals surface area (Å²) in [6.07, 6.45) is 9.91. The Balaban J connectivity index is 0.968. The fourth-order valence-electron chi connectivity index (χ4n) is 12.3. The summed E-state index contributed by atoms with van der Waals surface area (Å²) in [5.74, 6) is 1.64. The summed E-state index contributed by atoms with van der Waals surface area (Å²) in [6, 6.07) is 67.5. The van der Waals surface area contributed by atoms with Crippen molar-refractivity contribution in [1.82, 2.24) is 19.0 Å². The van der Waals surface area contributed by atoms with E-state index in [0.29, 0.717) is 23.4 Å². The number of nitrogens with zero attached hydrogens (tertiary/aromatic N) is 6. The molecule has 4 unspecified atom stereocenters. The van der Waals surface area contributed by atoms with Crippen LogP contribution >= 0.6 is 0 Å². The number of benzene rings is 8. The molecule has 4 atom stereocenters. The SMILES string of the molecule is CNC1CC(N2c3c(ccc4c5ccccc5n(-c5ccccc5)c34)C3C=CCCC32)C=NC1=N/C(=C(\N)c1ccccc1)n1c2ccccc2c2cc3c(cc21)c1ccccc1n3-c1ccccc1. The van der Waals surface area contributed by atoms with Crippen molar-refractivity contribution in [2.75, 3.05) is 11.9 Å². The Bertz CT molecular complexity index is 4000. The Morgan fingerprint density at radius 3 is 1.90 bits per heavy atom. The van der Waals surface area contributed by atoms with Gasteiger partial charge in [0.05, 0.1) is 56.6 Å². The van der Waals surface area contributed by atoms with Gasteiger partial charge in [-0.25, -0.2) is 9.98 Å². The Hall–Kier alpha value is -8.46. The maximum absolute atomic E-state index is 7.46. The number of nitrogens with one attached hydrogen (secondary N) is 1. The molecule has 3 aliphatic rings. The Morgan fingerprint density at radius 1 is 0.600 bits per heavy atom. The molecule has 8 heteroatoms. The molecule has 11 aromatic rings. The highest BCUT2D eigenvalue weighted by Gasteiger charge is 2.44. The van der Waals surface area contributed by atoms with Gasteiger partial charge in [0.1, 0.15) is 5.84 Å². The summed E-state index contributed by atoms with van der Waals surface area (Å²) >= 11 is 0. The predicted molar refractivity (Wildman–Crippen MR) is 293 cm³/mol. The molecule has 0 saturated carbocycles. The first-order chi connectivity index (χ1) is 34.6. The minimum Gasteiger partial charge on any atom is -0.395 e. The van der Waals surface area contributed by atoms with Gasteiger partial charge in [-0.05, 0) is 86.5 Å². The molecule has 0 radical (unpaired) electrons. The molecule has 3 N–H and O–H groups in total. The van der Waals surface area contributed by atoms with Gasteiger partial charge < -0.3 is 25.1 Å². The molecule has 0 amide bonds. The predicted octanol–water partition coefficient (Wildman–Crippen LogP) is 13.4. The van der Waals surface area contributed by atoms with E-state index in [1.165, 1.54) is 38.4 Å². The molecular weight excluding hydrogens is 857 g/mol. The maximum atomic E-state index is 7.46. The van der Waals surface area contributed by atoms with Crippen molar-refractivity contribution < 1.29 is 0 Å². The number of fused-ring (bicyclic) bond motifs is 13. The lowest BCUT2D eigenvalue weighted by Crippen LogP contribution is -2.50. The number of rotatable bonds is 7. The fourth-order valence-corrected chi connectivity index (χ4v) is 12.3. The van der Waals surface area contributed by atoms with E-state index in [1.807, 2.05) is 25.2 Å². The van der Waals surface area contributed by atoms with Crippen LogP contribution in [0.5, 0.6) is 0 Å². The molecule has 8 aromatic carbocycles. The van der Waals surface area contributed by atoms with E-state index in [1.54, 1.807) is 0 Å². The second-order valence-corrected chi connectivity index (χ2v) is 19.0. The highest BCUT2D eigenvalue weighted by molar-refractivity contribution is 6.20. The zero-order chi connectivity index (χ0) is 46.5. The van der Waals surface area contributed by atoms with Crippen LogP contribution in [0.3, 0.4) is 0 Å². The van der Waals surface area contributed by atoms with Crippen molar-refractivity contribution in [2.45, 2.75) is 43.3 Å². The molecule has 0 saturated heterocycles. The third-order valence-corrected chi connectivity index (χ3v) is 15.3. The second-order valence-electron chi connectivity index (χ2n) is 19.0. The summed E-state index contributed by atoms with van der Waals surface area (Å²) in [4.78, 5) is 13.8. The molecule has 1 aliphatic carbocycles. The van der Waals surface area contributed by atoms with E-state index >= 15 is 0 Å². The fraction of sp³-hybridized carbons (Fsp3) is 0.129. The van der Waals surface area contributed by atoms with E-state index in [4.69, 9.17) is 15.7 Å². The monoisotopic (exact) mass is 906 g/mol. The topological polar surface area (TPSA) is 80.8 Å². The largest absolute Gasteiger partial charge is 0.395 e. The van der Waals surface area contributed by atoms with Crippen LogP contribution in [0.15, 0.2) is 210 Å². The highest BCUT2D eigenvalue weighted by atomic mass is 15.3. The molecule has 3 aromatic heterocycles. The molecule has 0 fully saturated rings. The van der Waals surface area contributed by atoms with Crippen molar-refractivity contribution >= 4 is 94.7 Å². The number of aliphatic imine (C=N–C) groups is 2. The summed E-state index contributed by atoms with van der Waals surface area (Å²) in [7, 11) is 2.04. The Kier molecular flexibility index (Phi) is 9.32. The highest BCUT2D eigenvalue weighted by Crippen LogP contribution is 2.52. The number of nitrogens with two attached hydrogens (primary N) is 1. The first kappa shape index (κ1) is 40.6. The quantitative estimate of drug-likeness (QED) is 0.156. The molecule has 0 spiro atoms. The van der Waals surface area contributed by atoms with Gasteiger partial charge in [0, 0.05) is 67.4 Å². The summed E-state index contributed by atoms with van der Waals surface area (Å²) < 4.78 is 7.15. The zero-order valence-corrected chi connectivity index (χ0v) is 38.8. The van der Waals surface area contributed by atoms with E-state index in [2.05, 4.69) is 212 Å². The lowest BCUT2D eigenvalue weighted by molar-refractivity contribution is 0.481. The molecule has 5 heterocycles. The number of likely N-dealkylation sites (N-methyl/N-ethyl adjacent to an activating group) is 1. The lowest BCUT2D eigenvalue weighted by Gasteiger charge is -2.39. The molecule has 2 aliphatic heterocycles. The van der Waals surface area contributed by atoms with Crippen molar-refractivity contribution in [3.63, 3.8) is 0 Å². The zero-order valence-electron chi connectivity index (χ0n) is 38.8. The Morgan fingerprint density at radius 2 is 1.19 bits per heavy atom. The molecule has 338 valence electrons. The normalized spacial score (nSPS) is 19.8. The van der Waals surface area contributed by atoms with Crippen LogP contribution in [-0.2, 0) is 0 Å². The summed E-state index contributed by atoms with van der Waals surface area (Å²) in [5, 5.41) is 10.8. The maximum Gasteiger partial charge on any atom is 0.163 e. The van der Waals surface area contributed by atoms with Crippen LogP contribution in [0.1, 0.15) is 36.3 Å². The summed E-state index contributed by atoms with van der Waals surface area (Å²) in [6.45, 7) is 0. The Labute approximate surface area is 405 Å². The average Bonchev–Trinajstić information content (AvgIpc) is 4.15. The molecule has 0 bridgehead atoms. The van der Waals surface area contributed by atoms with Gasteiger partial charge >= 0.3 is 0 Å². The van der Waals surface area contributed by atoms with Crippen molar-refractivity contribution in [3.05, 3.63) is 211 Å². The molecule has 14 rings (SSSR count). The van der Waals surface area contributed by atoms with Crippen LogP contribution in [0.25, 0.3) is 88.3 Å². The third-order valence-electron chi connectivity index (χ3n) is 15.3. The van der Waals surface area contributed by atoms with Gasteiger partial charge in [0.2, 0.25) is 0 Å². The van der Waals surface area contributed by atoms with Crippen LogP contribution in [0.4, 0.5) is 5.69 Å². The molecular formula is C62H50N8. The van der Waals surface area contributed by atoms with Crippen molar-refractivity contribution in [1.29, 1.82) is 0 Å². The van der Waals surface area contributed by atoms with Crippen LogP contribution in [0.2, 0.25) is 0 Å². The van der Waals surface area contributed by atoms with Gasteiger partial charge in [-0.15, -0.1) is 0 Å². The van der Waals surface area contributed by atoms with E-state index in [-0.39, 0.29) is 18.0 Å². The standard InChI is InChI=1S/C62H50N8/c1-64-51-35-42(69-54-31-17-12-26-44(54)48-34-33-47-43-25-11-16-30-53(43)68(59(47)60(48)69)41-23-9-4-10-24-41)38-65-61(51)66-62(58(63)39-19-5-2-6-20-39)70-55-32-18-14-28-46(55)50-36-56-49(37-57(50)70)45-27-13-15-29-52(45)67(56)40-21-7-3-8-22-40/h2-16,18-30,32-34,36-38,42,44,51,54,64H,17,31,35,63H2,1H3/b62-58+,66-61?. The van der Waals surface area contributed by atoms with Crippen LogP contribution in [0, 0.1) is 0 Å². The lowest BCUT2D eigenvalue weighted by atomic mass is 9.87. The minimum absolute atomic E-state index is 0.00633. The van der Waals surface area contributed by atoms with Gasteiger partial charge in [-0.1, -0.05) is 146 Å². The smallest absolute Gasteiger partial charge is 0.163 e. The van der Waals surface area contributed by atoms with Crippen molar-refractivity contribution in [3.8, 4) is 11.4 Å². The van der Waals surface area contributed by atoms with Crippen LogP contribution in [-0.4, -0.2) is 50.9 Å². The molecule has 70 heavy (non-hydrogen) atoms. The number of allylic oxidation sites excluding steroid dienone is 1.